The van der Waals surface area contributed by atoms with Gasteiger partial charge in [-0.2, -0.15) is 5.10 Å². The fraction of sp³-hybridized carbons (Fsp3) is 0.0714. The van der Waals surface area contributed by atoms with Gasteiger partial charge in [-0.3, -0.25) is 0 Å². The maximum absolute atomic E-state index is 5.15. The second-order valence-corrected chi connectivity index (χ2v) is 4.87. The minimum atomic E-state index is 0.845. The molecule has 0 bridgehead atoms. The number of hydrogen-bond donors (Lipinski definition) is 0. The summed E-state index contributed by atoms with van der Waals surface area (Å²) in [5.41, 5.74) is 2.11. The Labute approximate surface area is 113 Å². The van der Waals surface area contributed by atoms with Gasteiger partial charge in [-0.15, -0.1) is 0 Å². The quantitative estimate of drug-likeness (QED) is 0.720. The van der Waals surface area contributed by atoms with E-state index in [1.165, 1.54) is 0 Å². The highest BCUT2D eigenvalue weighted by Gasteiger charge is 2.05. The third-order valence-corrected chi connectivity index (χ3v) is 3.34. The Kier molecular flexibility index (Phi) is 2.80. The molecule has 0 aliphatic carbocycles. The van der Waals surface area contributed by atoms with Crippen molar-refractivity contribution in [1.29, 1.82) is 0 Å². The van der Waals surface area contributed by atoms with Crippen LogP contribution in [0.2, 0.25) is 0 Å². The van der Waals surface area contributed by atoms with Crippen LogP contribution in [-0.2, 0) is 0 Å². The fourth-order valence-electron chi connectivity index (χ4n) is 1.93. The van der Waals surface area contributed by atoms with E-state index in [4.69, 9.17) is 4.74 Å². The van der Waals surface area contributed by atoms with E-state index in [1.807, 2.05) is 41.2 Å². The maximum atomic E-state index is 5.15. The predicted octanol–water partition coefficient (Wildman–Crippen LogP) is 3.80. The molecule has 3 rings (SSSR count). The third-order valence-electron chi connectivity index (χ3n) is 2.85. The Morgan fingerprint density at radius 3 is 2.61 bits per heavy atom. The van der Waals surface area contributed by atoms with Gasteiger partial charge < -0.3 is 4.74 Å². The number of aromatic nitrogens is 2. The molecule has 0 atom stereocenters. The summed E-state index contributed by atoms with van der Waals surface area (Å²) in [4.78, 5) is 0. The molecule has 0 saturated carbocycles. The fourth-order valence-corrected chi connectivity index (χ4v) is 2.31. The Balaban J connectivity index is 2.13. The van der Waals surface area contributed by atoms with Crippen molar-refractivity contribution in [2.24, 2.45) is 0 Å². The van der Waals surface area contributed by atoms with Crippen molar-refractivity contribution in [1.82, 2.24) is 9.78 Å². The first-order valence-electron chi connectivity index (χ1n) is 5.55. The van der Waals surface area contributed by atoms with E-state index in [0.29, 0.717) is 0 Å². The molecule has 2 aromatic carbocycles. The largest absolute Gasteiger partial charge is 0.497 e. The van der Waals surface area contributed by atoms with Gasteiger partial charge >= 0.3 is 0 Å². The van der Waals surface area contributed by atoms with Gasteiger partial charge in [0.2, 0.25) is 0 Å². The molecule has 3 aromatic rings. The summed E-state index contributed by atoms with van der Waals surface area (Å²) in [7, 11) is 1.66. The van der Waals surface area contributed by atoms with E-state index >= 15 is 0 Å². The molecule has 18 heavy (non-hydrogen) atoms. The van der Waals surface area contributed by atoms with E-state index in [0.717, 1.165) is 26.8 Å². The van der Waals surface area contributed by atoms with Crippen LogP contribution in [0.15, 0.2) is 53.1 Å². The highest BCUT2D eigenvalue weighted by Crippen LogP contribution is 2.23. The summed E-state index contributed by atoms with van der Waals surface area (Å²) in [5.74, 6) is 0.845. The molecular formula is C14H11BrN2O. The average Bonchev–Trinajstić information content (AvgIpc) is 2.81. The lowest BCUT2D eigenvalue weighted by Crippen LogP contribution is -1.95. The second kappa shape index (κ2) is 4.46. The average molecular weight is 303 g/mol. The SMILES string of the molecule is COc1ccc(-n2ncc3cc(Br)ccc32)cc1. The second-order valence-electron chi connectivity index (χ2n) is 3.96. The van der Waals surface area contributed by atoms with Crippen LogP contribution in [0.25, 0.3) is 16.6 Å². The summed E-state index contributed by atoms with van der Waals surface area (Å²) >= 11 is 3.46. The summed E-state index contributed by atoms with van der Waals surface area (Å²) in [5, 5.41) is 5.53. The summed E-state index contributed by atoms with van der Waals surface area (Å²) in [6.07, 6.45) is 1.87. The zero-order valence-corrected chi connectivity index (χ0v) is 11.4. The first-order chi connectivity index (χ1) is 8.78. The lowest BCUT2D eigenvalue weighted by molar-refractivity contribution is 0.414. The molecule has 0 spiro atoms. The molecule has 0 N–H and O–H groups in total. The summed E-state index contributed by atoms with van der Waals surface area (Å²) in [6.45, 7) is 0. The number of rotatable bonds is 2. The van der Waals surface area contributed by atoms with Gasteiger partial charge in [-0.05, 0) is 42.5 Å². The predicted molar refractivity (Wildman–Crippen MR) is 75.3 cm³/mol. The lowest BCUT2D eigenvalue weighted by Gasteiger charge is -2.05. The van der Waals surface area contributed by atoms with Crippen LogP contribution in [0.3, 0.4) is 0 Å². The smallest absolute Gasteiger partial charge is 0.119 e. The third kappa shape index (κ3) is 1.88. The molecule has 0 aliphatic heterocycles. The van der Waals surface area contributed by atoms with Crippen molar-refractivity contribution < 1.29 is 4.74 Å². The maximum Gasteiger partial charge on any atom is 0.119 e. The number of benzene rings is 2. The first-order valence-corrected chi connectivity index (χ1v) is 6.35. The number of fused-ring (bicyclic) bond motifs is 1. The molecule has 1 heterocycles. The molecule has 0 radical (unpaired) electrons. The van der Waals surface area contributed by atoms with Gasteiger partial charge in [0.25, 0.3) is 0 Å². The lowest BCUT2D eigenvalue weighted by atomic mass is 10.2. The molecule has 0 fully saturated rings. The van der Waals surface area contributed by atoms with Crippen LogP contribution < -0.4 is 4.74 Å². The van der Waals surface area contributed by atoms with Crippen molar-refractivity contribution in [2.75, 3.05) is 7.11 Å². The molecule has 0 saturated heterocycles. The normalized spacial score (nSPS) is 10.8. The van der Waals surface area contributed by atoms with Crippen molar-refractivity contribution >= 4 is 26.8 Å². The summed E-state index contributed by atoms with van der Waals surface area (Å²) < 4.78 is 8.13. The molecule has 0 unspecified atom stereocenters. The number of nitrogens with zero attached hydrogens (tertiary/aromatic N) is 2. The monoisotopic (exact) mass is 302 g/mol. The van der Waals surface area contributed by atoms with E-state index < -0.39 is 0 Å². The number of hydrogen-bond acceptors (Lipinski definition) is 2. The van der Waals surface area contributed by atoms with Crippen LogP contribution in [0.1, 0.15) is 0 Å². The van der Waals surface area contributed by atoms with Crippen LogP contribution in [-0.4, -0.2) is 16.9 Å². The van der Waals surface area contributed by atoms with Gasteiger partial charge in [0.1, 0.15) is 5.75 Å². The summed E-state index contributed by atoms with van der Waals surface area (Å²) in [6, 6.07) is 14.0. The highest BCUT2D eigenvalue weighted by atomic mass is 79.9. The van der Waals surface area contributed by atoms with E-state index in [2.05, 4.69) is 33.2 Å². The number of halogens is 1. The van der Waals surface area contributed by atoms with Gasteiger partial charge in [-0.1, -0.05) is 15.9 Å². The van der Waals surface area contributed by atoms with Gasteiger partial charge in [0.05, 0.1) is 24.5 Å². The molecular weight excluding hydrogens is 292 g/mol. The Morgan fingerprint density at radius 2 is 1.89 bits per heavy atom. The van der Waals surface area contributed by atoms with Crippen LogP contribution in [0.4, 0.5) is 0 Å². The minimum Gasteiger partial charge on any atom is -0.497 e. The zero-order chi connectivity index (χ0) is 12.5. The Hall–Kier alpha value is -1.81. The topological polar surface area (TPSA) is 27.1 Å². The Morgan fingerprint density at radius 1 is 1.11 bits per heavy atom. The standard InChI is InChI=1S/C14H11BrN2O/c1-18-13-5-3-12(4-6-13)17-14-7-2-11(15)8-10(14)9-16-17/h2-9H,1H3. The van der Waals surface area contributed by atoms with Crippen molar-refractivity contribution in [3.63, 3.8) is 0 Å². The molecule has 3 nitrogen and oxygen atoms in total. The van der Waals surface area contributed by atoms with E-state index in [1.54, 1.807) is 7.11 Å². The number of methoxy groups -OCH3 is 1. The highest BCUT2D eigenvalue weighted by molar-refractivity contribution is 9.10. The van der Waals surface area contributed by atoms with Gasteiger partial charge in [-0.25, -0.2) is 4.68 Å². The van der Waals surface area contributed by atoms with Crippen LogP contribution in [0.5, 0.6) is 5.75 Å². The molecule has 4 heteroatoms. The van der Waals surface area contributed by atoms with Crippen molar-refractivity contribution in [2.45, 2.75) is 0 Å². The molecule has 0 amide bonds. The Bertz CT molecular complexity index is 689. The molecule has 1 aromatic heterocycles. The van der Waals surface area contributed by atoms with E-state index in [9.17, 15) is 0 Å². The minimum absolute atomic E-state index is 0.845. The van der Waals surface area contributed by atoms with Crippen LogP contribution >= 0.6 is 15.9 Å². The van der Waals surface area contributed by atoms with Crippen molar-refractivity contribution in [3.8, 4) is 11.4 Å². The number of ether oxygens (including phenoxy) is 1. The zero-order valence-electron chi connectivity index (χ0n) is 9.80. The van der Waals surface area contributed by atoms with Gasteiger partial charge in [0, 0.05) is 9.86 Å². The van der Waals surface area contributed by atoms with Crippen molar-refractivity contribution in [3.05, 3.63) is 53.1 Å². The van der Waals surface area contributed by atoms with E-state index in [-0.39, 0.29) is 0 Å². The molecule has 0 aliphatic rings. The first kappa shape index (κ1) is 11.3. The van der Waals surface area contributed by atoms with Crippen LogP contribution in [0, 0.1) is 0 Å². The molecule has 90 valence electrons. The van der Waals surface area contributed by atoms with Gasteiger partial charge in [0.15, 0.2) is 0 Å².